The lowest BCUT2D eigenvalue weighted by atomic mass is 9.97. The maximum absolute atomic E-state index is 14.9. The van der Waals surface area contributed by atoms with Crippen molar-refractivity contribution < 1.29 is 18.3 Å². The number of nitrogens with zero attached hydrogens (tertiary/aromatic N) is 3. The fourth-order valence-corrected chi connectivity index (χ4v) is 3.66. The van der Waals surface area contributed by atoms with Crippen LogP contribution < -0.4 is 10.1 Å². The molecule has 3 aromatic heterocycles. The minimum atomic E-state index is -1.07. The number of ether oxygens (including phenoxy) is 1. The Bertz CT molecular complexity index is 1280. The molecule has 2 N–H and O–H groups in total. The van der Waals surface area contributed by atoms with E-state index in [1.165, 1.54) is 7.11 Å². The van der Waals surface area contributed by atoms with Gasteiger partial charge in [0.2, 0.25) is 5.91 Å². The zero-order valence-electron chi connectivity index (χ0n) is 15.7. The summed E-state index contributed by atoms with van der Waals surface area (Å²) in [7, 11) is 1.41. The standard InChI is InChI=1S/C20H17F2N5O2/c1-9-16(12-6-23-26-18(12)19(29-2)17(9)22)10-3-4-15-24-14(8-27(15)7-10)25-20(28)11-5-13(11)21/h3-4,6-8,11,13H,5H2,1-2H3,(H,23,26)(H,25,28)/t11-,13+/m1/s1. The van der Waals surface area contributed by atoms with E-state index in [4.69, 9.17) is 4.74 Å². The van der Waals surface area contributed by atoms with Gasteiger partial charge in [0.1, 0.15) is 17.3 Å². The summed E-state index contributed by atoms with van der Waals surface area (Å²) in [5.41, 5.74) is 2.96. The van der Waals surface area contributed by atoms with Crippen molar-refractivity contribution in [2.24, 2.45) is 5.92 Å². The number of amides is 1. The number of hydrogen-bond donors (Lipinski definition) is 2. The number of pyridine rings is 1. The Hall–Kier alpha value is -3.49. The molecule has 29 heavy (non-hydrogen) atoms. The molecule has 0 spiro atoms. The molecule has 3 heterocycles. The van der Waals surface area contributed by atoms with Crippen LogP contribution in [-0.4, -0.2) is 38.8 Å². The second-order valence-corrected chi connectivity index (χ2v) is 7.16. The van der Waals surface area contributed by atoms with Crippen LogP contribution in [0.15, 0.2) is 30.7 Å². The first-order chi connectivity index (χ1) is 14.0. The van der Waals surface area contributed by atoms with Gasteiger partial charge in [-0.15, -0.1) is 0 Å². The van der Waals surface area contributed by atoms with Crippen molar-refractivity contribution >= 4 is 28.3 Å². The third kappa shape index (κ3) is 2.72. The number of hydrogen-bond acceptors (Lipinski definition) is 4. The maximum atomic E-state index is 14.9. The summed E-state index contributed by atoms with van der Waals surface area (Å²) in [6, 6.07) is 3.60. The predicted octanol–water partition coefficient (Wildman–Crippen LogP) is 3.63. The first-order valence-electron chi connectivity index (χ1n) is 9.11. The van der Waals surface area contributed by atoms with E-state index in [-0.39, 0.29) is 18.1 Å². The second kappa shape index (κ2) is 6.26. The molecule has 1 amide bonds. The lowest BCUT2D eigenvalue weighted by molar-refractivity contribution is -0.117. The number of halogens is 2. The molecule has 9 heteroatoms. The van der Waals surface area contributed by atoms with Crippen LogP contribution in [-0.2, 0) is 4.79 Å². The van der Waals surface area contributed by atoms with Gasteiger partial charge in [-0.05, 0) is 36.6 Å². The number of alkyl halides is 1. The summed E-state index contributed by atoms with van der Waals surface area (Å²) < 4.78 is 34.9. The Labute approximate surface area is 163 Å². The van der Waals surface area contributed by atoms with Crippen LogP contribution in [0.2, 0.25) is 0 Å². The number of aromatic nitrogens is 4. The molecule has 0 saturated heterocycles. The number of imidazole rings is 1. The summed E-state index contributed by atoms with van der Waals surface area (Å²) in [5, 5.41) is 10.2. The molecule has 1 aromatic carbocycles. The van der Waals surface area contributed by atoms with Gasteiger partial charge < -0.3 is 14.5 Å². The van der Waals surface area contributed by atoms with Gasteiger partial charge in [0, 0.05) is 17.1 Å². The molecule has 7 nitrogen and oxygen atoms in total. The van der Waals surface area contributed by atoms with Crippen LogP contribution in [0.25, 0.3) is 27.7 Å². The smallest absolute Gasteiger partial charge is 0.231 e. The molecule has 0 radical (unpaired) electrons. The van der Waals surface area contributed by atoms with Crippen LogP contribution in [0.5, 0.6) is 5.75 Å². The van der Waals surface area contributed by atoms with E-state index in [0.29, 0.717) is 28.1 Å². The first kappa shape index (κ1) is 17.6. The van der Waals surface area contributed by atoms with Gasteiger partial charge in [0.25, 0.3) is 0 Å². The van der Waals surface area contributed by atoms with E-state index in [1.807, 2.05) is 6.07 Å². The van der Waals surface area contributed by atoms with Gasteiger partial charge in [0.05, 0.1) is 25.4 Å². The van der Waals surface area contributed by atoms with E-state index in [0.717, 1.165) is 10.9 Å². The molecule has 4 aromatic rings. The summed E-state index contributed by atoms with van der Waals surface area (Å²) in [4.78, 5) is 16.3. The molecule has 1 aliphatic rings. The second-order valence-electron chi connectivity index (χ2n) is 7.16. The van der Waals surface area contributed by atoms with Gasteiger partial charge in [-0.1, -0.05) is 0 Å². The van der Waals surface area contributed by atoms with Gasteiger partial charge in [-0.3, -0.25) is 9.89 Å². The van der Waals surface area contributed by atoms with Crippen LogP contribution in [0.3, 0.4) is 0 Å². The molecule has 1 aliphatic carbocycles. The fraction of sp³-hybridized carbons (Fsp3) is 0.250. The summed E-state index contributed by atoms with van der Waals surface area (Å²) >= 11 is 0. The number of benzene rings is 1. The first-order valence-corrected chi connectivity index (χ1v) is 9.11. The number of methoxy groups -OCH3 is 1. The van der Waals surface area contributed by atoms with E-state index < -0.39 is 17.9 Å². The monoisotopic (exact) mass is 397 g/mol. The van der Waals surface area contributed by atoms with E-state index >= 15 is 0 Å². The van der Waals surface area contributed by atoms with E-state index in [1.54, 1.807) is 36.0 Å². The SMILES string of the molecule is COc1c(F)c(C)c(-c2ccc3nc(NC(=O)[C@@H]4C[C@@H]4F)cn3c2)c2cn[nH]c12. The summed E-state index contributed by atoms with van der Waals surface area (Å²) in [5.74, 6) is -0.942. The van der Waals surface area contributed by atoms with Crippen LogP contribution in [0, 0.1) is 18.7 Å². The van der Waals surface area contributed by atoms with Crippen molar-refractivity contribution in [3.63, 3.8) is 0 Å². The third-order valence-electron chi connectivity index (χ3n) is 5.28. The molecular weight excluding hydrogens is 380 g/mol. The molecule has 0 aliphatic heterocycles. The Morgan fingerprint density at radius 2 is 2.17 bits per heavy atom. The minimum Gasteiger partial charge on any atom is -0.491 e. The Morgan fingerprint density at radius 1 is 1.38 bits per heavy atom. The molecular formula is C20H17F2N5O2. The number of anilines is 1. The van der Waals surface area contributed by atoms with Crippen LogP contribution in [0.4, 0.5) is 14.6 Å². The lowest BCUT2D eigenvalue weighted by Gasteiger charge is -2.13. The Balaban J connectivity index is 1.58. The zero-order valence-corrected chi connectivity index (χ0v) is 15.7. The quantitative estimate of drug-likeness (QED) is 0.551. The zero-order chi connectivity index (χ0) is 20.3. The highest BCUT2D eigenvalue weighted by Crippen LogP contribution is 2.39. The number of H-pyrrole nitrogens is 1. The Kier molecular flexibility index (Phi) is 3.80. The molecule has 1 saturated carbocycles. The van der Waals surface area contributed by atoms with Crippen LogP contribution in [0.1, 0.15) is 12.0 Å². The highest BCUT2D eigenvalue weighted by Gasteiger charge is 2.43. The van der Waals surface area contributed by atoms with E-state index in [2.05, 4.69) is 20.5 Å². The average Bonchev–Trinajstić information content (AvgIpc) is 3.08. The molecule has 5 rings (SSSR count). The number of fused-ring (bicyclic) bond motifs is 2. The predicted molar refractivity (Wildman–Crippen MR) is 103 cm³/mol. The van der Waals surface area contributed by atoms with Gasteiger partial charge >= 0.3 is 0 Å². The van der Waals surface area contributed by atoms with Gasteiger partial charge in [-0.25, -0.2) is 13.8 Å². The largest absolute Gasteiger partial charge is 0.491 e. The Morgan fingerprint density at radius 3 is 2.90 bits per heavy atom. The summed E-state index contributed by atoms with van der Waals surface area (Å²) in [6.07, 6.45) is 4.27. The highest BCUT2D eigenvalue weighted by molar-refractivity contribution is 5.99. The minimum absolute atomic E-state index is 0.124. The third-order valence-corrected chi connectivity index (χ3v) is 5.28. The number of carbonyl (C=O) groups is 1. The number of rotatable bonds is 4. The van der Waals surface area contributed by atoms with Gasteiger partial charge in [-0.2, -0.15) is 5.10 Å². The van der Waals surface area contributed by atoms with Crippen molar-refractivity contribution in [1.82, 2.24) is 19.6 Å². The molecule has 0 unspecified atom stereocenters. The lowest BCUT2D eigenvalue weighted by Crippen LogP contribution is -2.15. The van der Waals surface area contributed by atoms with Crippen molar-refractivity contribution in [1.29, 1.82) is 0 Å². The van der Waals surface area contributed by atoms with Crippen molar-refractivity contribution in [2.45, 2.75) is 19.5 Å². The number of nitrogens with one attached hydrogen (secondary N) is 2. The molecule has 0 bridgehead atoms. The number of carbonyl (C=O) groups excluding carboxylic acids is 1. The highest BCUT2D eigenvalue weighted by atomic mass is 19.1. The van der Waals surface area contributed by atoms with Crippen molar-refractivity contribution in [3.8, 4) is 16.9 Å². The van der Waals surface area contributed by atoms with Crippen molar-refractivity contribution in [2.75, 3.05) is 12.4 Å². The van der Waals surface area contributed by atoms with Crippen LogP contribution >= 0.6 is 0 Å². The van der Waals surface area contributed by atoms with Crippen molar-refractivity contribution in [3.05, 3.63) is 42.1 Å². The summed E-state index contributed by atoms with van der Waals surface area (Å²) in [6.45, 7) is 1.69. The molecule has 2 atom stereocenters. The molecule has 1 fully saturated rings. The normalized spacial score (nSPS) is 18.3. The maximum Gasteiger partial charge on any atom is 0.231 e. The van der Waals surface area contributed by atoms with E-state index in [9.17, 15) is 13.6 Å². The average molecular weight is 397 g/mol. The number of aromatic amines is 1. The van der Waals surface area contributed by atoms with Gasteiger partial charge in [0.15, 0.2) is 17.4 Å². The fourth-order valence-electron chi connectivity index (χ4n) is 3.66. The topological polar surface area (TPSA) is 84.3 Å². The molecule has 148 valence electrons.